The minimum atomic E-state index is -0.315. The van der Waals surface area contributed by atoms with Crippen molar-refractivity contribution in [3.8, 4) is 0 Å². The summed E-state index contributed by atoms with van der Waals surface area (Å²) >= 11 is 0. The largest absolute Gasteiger partial charge is 0.352 e. The van der Waals surface area contributed by atoms with E-state index in [-0.39, 0.29) is 5.82 Å². The van der Waals surface area contributed by atoms with Gasteiger partial charge in [0.25, 0.3) is 0 Å². The van der Waals surface area contributed by atoms with Crippen molar-refractivity contribution in [3.05, 3.63) is 65.2 Å². The van der Waals surface area contributed by atoms with Gasteiger partial charge in [0.05, 0.1) is 12.2 Å². The molecule has 0 unspecified atom stereocenters. The van der Waals surface area contributed by atoms with Crippen molar-refractivity contribution in [2.45, 2.75) is 38.9 Å². The molecule has 0 atom stereocenters. The molecular formula is C21H28FN5. The normalized spacial score (nSPS) is 15.6. The number of rotatable bonds is 6. The zero-order chi connectivity index (χ0) is 18.9. The first-order valence-corrected chi connectivity index (χ1v) is 9.58. The highest BCUT2D eigenvalue weighted by Gasteiger charge is 2.10. The molecule has 1 aromatic carbocycles. The summed E-state index contributed by atoms with van der Waals surface area (Å²) in [5, 5.41) is 6.35. The minimum Gasteiger partial charge on any atom is -0.352 e. The summed E-state index contributed by atoms with van der Waals surface area (Å²) in [5.41, 5.74) is 2.92. The Kier molecular flexibility index (Phi) is 7.16. The van der Waals surface area contributed by atoms with Gasteiger partial charge in [-0.2, -0.15) is 0 Å². The predicted molar refractivity (Wildman–Crippen MR) is 107 cm³/mol. The SMILES string of the molecule is CN=C(NCc1ccc(CN2CCCCC2)cc1)NCc1ncccc1F. The van der Waals surface area contributed by atoms with Crippen LogP contribution in [0.1, 0.15) is 36.1 Å². The Labute approximate surface area is 160 Å². The number of hydrogen-bond donors (Lipinski definition) is 2. The zero-order valence-corrected chi connectivity index (χ0v) is 15.9. The van der Waals surface area contributed by atoms with Crippen LogP contribution in [-0.2, 0) is 19.6 Å². The standard InChI is InChI=1S/C21H28FN5/c1-23-21(26-15-20-19(22)6-5-11-24-20)25-14-17-7-9-18(10-8-17)16-27-12-3-2-4-13-27/h5-11H,2-4,12-16H2,1H3,(H2,23,25,26). The van der Waals surface area contributed by atoms with Gasteiger partial charge in [0.15, 0.2) is 5.96 Å². The third-order valence-corrected chi connectivity index (χ3v) is 4.82. The van der Waals surface area contributed by atoms with E-state index in [0.717, 1.165) is 6.54 Å². The van der Waals surface area contributed by atoms with Gasteiger partial charge >= 0.3 is 0 Å². The van der Waals surface area contributed by atoms with E-state index in [2.05, 4.69) is 49.8 Å². The maximum absolute atomic E-state index is 13.6. The molecule has 5 nitrogen and oxygen atoms in total. The van der Waals surface area contributed by atoms with E-state index in [1.165, 1.54) is 49.5 Å². The topological polar surface area (TPSA) is 52.6 Å². The second-order valence-electron chi connectivity index (χ2n) is 6.86. The van der Waals surface area contributed by atoms with Crippen molar-refractivity contribution in [3.63, 3.8) is 0 Å². The van der Waals surface area contributed by atoms with Crippen LogP contribution in [0.25, 0.3) is 0 Å². The van der Waals surface area contributed by atoms with Gasteiger partial charge in [-0.3, -0.25) is 14.9 Å². The van der Waals surface area contributed by atoms with Crippen molar-refractivity contribution < 1.29 is 4.39 Å². The molecule has 0 amide bonds. The highest BCUT2D eigenvalue weighted by atomic mass is 19.1. The Morgan fingerprint density at radius 3 is 2.44 bits per heavy atom. The number of benzene rings is 1. The Bertz CT molecular complexity index is 738. The van der Waals surface area contributed by atoms with E-state index in [1.807, 2.05) is 0 Å². The minimum absolute atomic E-state index is 0.293. The number of guanidine groups is 1. The smallest absolute Gasteiger partial charge is 0.191 e. The van der Waals surface area contributed by atoms with Gasteiger partial charge in [0.1, 0.15) is 5.82 Å². The number of likely N-dealkylation sites (tertiary alicyclic amines) is 1. The second-order valence-corrected chi connectivity index (χ2v) is 6.86. The van der Waals surface area contributed by atoms with Crippen LogP contribution in [0.3, 0.4) is 0 Å². The second kappa shape index (κ2) is 10.0. The highest BCUT2D eigenvalue weighted by molar-refractivity contribution is 5.79. The van der Waals surface area contributed by atoms with E-state index >= 15 is 0 Å². The number of nitrogens with zero attached hydrogens (tertiary/aromatic N) is 3. The van der Waals surface area contributed by atoms with Gasteiger partial charge in [0, 0.05) is 26.3 Å². The van der Waals surface area contributed by atoms with Crippen LogP contribution >= 0.6 is 0 Å². The molecule has 0 aliphatic carbocycles. The molecular weight excluding hydrogens is 341 g/mol. The fraction of sp³-hybridized carbons (Fsp3) is 0.429. The Hall–Kier alpha value is -2.47. The average Bonchev–Trinajstić information content (AvgIpc) is 2.71. The lowest BCUT2D eigenvalue weighted by molar-refractivity contribution is 0.221. The first-order chi connectivity index (χ1) is 13.2. The van der Waals surface area contributed by atoms with Crippen LogP contribution < -0.4 is 10.6 Å². The molecule has 2 heterocycles. The average molecular weight is 369 g/mol. The van der Waals surface area contributed by atoms with Gasteiger partial charge in [0.2, 0.25) is 0 Å². The number of aliphatic imine (C=N–C) groups is 1. The van der Waals surface area contributed by atoms with E-state index in [1.54, 1.807) is 19.3 Å². The molecule has 2 aromatic rings. The third kappa shape index (κ3) is 6.03. The van der Waals surface area contributed by atoms with Gasteiger partial charge in [-0.15, -0.1) is 0 Å². The number of halogens is 1. The summed E-state index contributed by atoms with van der Waals surface area (Å²) in [4.78, 5) is 10.7. The molecule has 3 rings (SSSR count). The quantitative estimate of drug-likeness (QED) is 0.607. The van der Waals surface area contributed by atoms with Gasteiger partial charge in [-0.25, -0.2) is 4.39 Å². The fourth-order valence-electron chi connectivity index (χ4n) is 3.26. The van der Waals surface area contributed by atoms with Gasteiger partial charge < -0.3 is 10.6 Å². The zero-order valence-electron chi connectivity index (χ0n) is 15.9. The molecule has 1 aromatic heterocycles. The molecule has 0 radical (unpaired) electrons. The molecule has 2 N–H and O–H groups in total. The Morgan fingerprint density at radius 1 is 1.04 bits per heavy atom. The molecule has 1 aliphatic heterocycles. The van der Waals surface area contributed by atoms with Crippen LogP contribution in [0, 0.1) is 5.82 Å². The van der Waals surface area contributed by atoms with E-state index < -0.39 is 0 Å². The molecule has 1 fully saturated rings. The monoisotopic (exact) mass is 369 g/mol. The predicted octanol–water partition coefficient (Wildman–Crippen LogP) is 3.07. The Morgan fingerprint density at radius 2 is 1.74 bits per heavy atom. The molecule has 1 saturated heterocycles. The highest BCUT2D eigenvalue weighted by Crippen LogP contribution is 2.13. The fourth-order valence-corrected chi connectivity index (χ4v) is 3.26. The molecule has 27 heavy (non-hydrogen) atoms. The molecule has 0 spiro atoms. The van der Waals surface area contributed by atoms with E-state index in [9.17, 15) is 4.39 Å². The molecule has 0 saturated carbocycles. The third-order valence-electron chi connectivity index (χ3n) is 4.82. The lowest BCUT2D eigenvalue weighted by atomic mass is 10.1. The van der Waals surface area contributed by atoms with Crippen molar-refractivity contribution >= 4 is 5.96 Å². The number of pyridine rings is 1. The van der Waals surface area contributed by atoms with Crippen molar-refractivity contribution in [2.75, 3.05) is 20.1 Å². The number of nitrogens with one attached hydrogen (secondary N) is 2. The first-order valence-electron chi connectivity index (χ1n) is 9.58. The molecule has 0 bridgehead atoms. The van der Waals surface area contributed by atoms with Crippen LogP contribution in [0.4, 0.5) is 4.39 Å². The van der Waals surface area contributed by atoms with Crippen LogP contribution in [0.5, 0.6) is 0 Å². The molecule has 6 heteroatoms. The number of aromatic nitrogens is 1. The maximum atomic E-state index is 13.6. The summed E-state index contributed by atoms with van der Waals surface area (Å²) in [6.45, 7) is 4.41. The van der Waals surface area contributed by atoms with Crippen LogP contribution in [0.15, 0.2) is 47.6 Å². The first kappa shape index (κ1) is 19.3. The number of hydrogen-bond acceptors (Lipinski definition) is 3. The van der Waals surface area contributed by atoms with Crippen molar-refractivity contribution in [1.29, 1.82) is 0 Å². The van der Waals surface area contributed by atoms with Gasteiger partial charge in [-0.05, 0) is 49.2 Å². The molecule has 144 valence electrons. The number of piperidine rings is 1. The van der Waals surface area contributed by atoms with Crippen molar-refractivity contribution in [1.82, 2.24) is 20.5 Å². The summed E-state index contributed by atoms with van der Waals surface area (Å²) in [7, 11) is 1.70. The lowest BCUT2D eigenvalue weighted by Crippen LogP contribution is -2.36. The van der Waals surface area contributed by atoms with E-state index in [0.29, 0.717) is 24.7 Å². The molecule has 1 aliphatic rings. The summed E-state index contributed by atoms with van der Waals surface area (Å²) in [6.07, 6.45) is 5.58. The lowest BCUT2D eigenvalue weighted by Gasteiger charge is -2.26. The summed E-state index contributed by atoms with van der Waals surface area (Å²) in [5.74, 6) is 0.308. The van der Waals surface area contributed by atoms with Crippen molar-refractivity contribution in [2.24, 2.45) is 4.99 Å². The maximum Gasteiger partial charge on any atom is 0.191 e. The van der Waals surface area contributed by atoms with Crippen LogP contribution in [0.2, 0.25) is 0 Å². The Balaban J connectivity index is 1.46. The van der Waals surface area contributed by atoms with Gasteiger partial charge in [-0.1, -0.05) is 30.7 Å². The van der Waals surface area contributed by atoms with E-state index in [4.69, 9.17) is 0 Å². The summed E-state index contributed by atoms with van der Waals surface area (Å²) < 4.78 is 13.6. The van der Waals surface area contributed by atoms with Crippen LogP contribution in [-0.4, -0.2) is 36.0 Å². The summed E-state index contributed by atoms with van der Waals surface area (Å²) in [6, 6.07) is 11.7.